The molecule has 0 bridgehead atoms. The average molecular weight is 411 g/mol. The molecule has 0 aliphatic carbocycles. The number of amides is 1. The second-order valence-corrected chi connectivity index (χ2v) is 6.49. The minimum Gasteiger partial charge on any atom is -0.478 e. The van der Waals surface area contributed by atoms with Crippen LogP contribution < -0.4 is 5.32 Å². The first kappa shape index (κ1) is 18.3. The fraction of sp³-hybridized carbons (Fsp3) is 0. The van der Waals surface area contributed by atoms with Gasteiger partial charge in [0.25, 0.3) is 5.91 Å². The molecule has 5 nitrogen and oxygen atoms in total. The Hall–Kier alpha value is -2.47. The standard InChI is InChI=1S/C18H10Cl3NO4/c19-9-1-3-11(13(20)7-9)15-5-6-16(26-15)17(23)22-10-2-4-12(18(24)25)14(21)8-10/h1-8H,(H,22,23)(H,24,25). The molecule has 0 unspecified atom stereocenters. The first-order chi connectivity index (χ1) is 12.3. The second kappa shape index (κ2) is 7.41. The van der Waals surface area contributed by atoms with Gasteiger partial charge in [0.2, 0.25) is 0 Å². The van der Waals surface area contributed by atoms with Crippen LogP contribution in [0.2, 0.25) is 15.1 Å². The minimum absolute atomic E-state index is 0.0170. The summed E-state index contributed by atoms with van der Waals surface area (Å²) < 4.78 is 5.55. The lowest BCUT2D eigenvalue weighted by Gasteiger charge is -2.06. The monoisotopic (exact) mass is 409 g/mol. The predicted octanol–water partition coefficient (Wildman–Crippen LogP) is 5.86. The van der Waals surface area contributed by atoms with Crippen molar-refractivity contribution in [1.82, 2.24) is 0 Å². The molecule has 26 heavy (non-hydrogen) atoms. The van der Waals surface area contributed by atoms with E-state index in [2.05, 4.69) is 5.32 Å². The third-order valence-electron chi connectivity index (χ3n) is 3.48. The number of carbonyl (C=O) groups excluding carboxylic acids is 1. The van der Waals surface area contributed by atoms with Crippen LogP contribution in [0.5, 0.6) is 0 Å². The van der Waals surface area contributed by atoms with E-state index < -0.39 is 11.9 Å². The number of hydrogen-bond donors (Lipinski definition) is 2. The Labute approximate surface area is 163 Å². The third-order valence-corrected chi connectivity index (χ3v) is 4.34. The molecule has 0 spiro atoms. The number of carboxylic acid groups (broad SMARTS) is 1. The molecule has 0 saturated carbocycles. The summed E-state index contributed by atoms with van der Waals surface area (Å²) in [5.74, 6) is -1.19. The molecule has 8 heteroatoms. The molecule has 1 heterocycles. The Balaban J connectivity index is 1.80. The molecule has 132 valence electrons. The van der Waals surface area contributed by atoms with E-state index >= 15 is 0 Å². The highest BCUT2D eigenvalue weighted by Gasteiger charge is 2.16. The zero-order valence-electron chi connectivity index (χ0n) is 12.9. The van der Waals surface area contributed by atoms with Gasteiger partial charge in [0.05, 0.1) is 15.6 Å². The maximum Gasteiger partial charge on any atom is 0.337 e. The van der Waals surface area contributed by atoms with Gasteiger partial charge in [0.1, 0.15) is 5.76 Å². The number of benzene rings is 2. The van der Waals surface area contributed by atoms with Crippen LogP contribution in [0, 0.1) is 0 Å². The van der Waals surface area contributed by atoms with E-state index in [0.717, 1.165) is 0 Å². The summed E-state index contributed by atoms with van der Waals surface area (Å²) in [6.45, 7) is 0. The van der Waals surface area contributed by atoms with Crippen molar-refractivity contribution < 1.29 is 19.1 Å². The van der Waals surface area contributed by atoms with E-state index in [0.29, 0.717) is 27.1 Å². The van der Waals surface area contributed by atoms with Crippen LogP contribution >= 0.6 is 34.8 Å². The summed E-state index contributed by atoms with van der Waals surface area (Å²) in [6.07, 6.45) is 0. The van der Waals surface area contributed by atoms with Crippen molar-refractivity contribution in [3.05, 3.63) is 74.9 Å². The van der Waals surface area contributed by atoms with Gasteiger partial charge in [0.15, 0.2) is 5.76 Å². The van der Waals surface area contributed by atoms with Gasteiger partial charge in [-0.25, -0.2) is 4.79 Å². The number of nitrogens with one attached hydrogen (secondary N) is 1. The van der Waals surface area contributed by atoms with Gasteiger partial charge in [-0.2, -0.15) is 0 Å². The lowest BCUT2D eigenvalue weighted by atomic mass is 10.2. The second-order valence-electron chi connectivity index (χ2n) is 5.24. The average Bonchev–Trinajstić information content (AvgIpc) is 3.04. The number of hydrogen-bond acceptors (Lipinski definition) is 3. The first-order valence-corrected chi connectivity index (χ1v) is 8.38. The Bertz CT molecular complexity index is 1010. The van der Waals surface area contributed by atoms with Gasteiger partial charge in [-0.3, -0.25) is 4.79 Å². The van der Waals surface area contributed by atoms with Crippen LogP contribution in [0.1, 0.15) is 20.9 Å². The topological polar surface area (TPSA) is 79.5 Å². The summed E-state index contributed by atoms with van der Waals surface area (Å²) in [5, 5.41) is 12.5. The van der Waals surface area contributed by atoms with Crippen molar-refractivity contribution in [3.63, 3.8) is 0 Å². The normalized spacial score (nSPS) is 10.6. The largest absolute Gasteiger partial charge is 0.478 e. The molecule has 0 atom stereocenters. The van der Waals surface area contributed by atoms with Crippen molar-refractivity contribution in [2.45, 2.75) is 0 Å². The highest BCUT2D eigenvalue weighted by Crippen LogP contribution is 2.31. The predicted molar refractivity (Wildman–Crippen MR) is 101 cm³/mol. The summed E-state index contributed by atoms with van der Waals surface area (Å²) in [5.41, 5.74) is 0.888. The van der Waals surface area contributed by atoms with Crippen molar-refractivity contribution in [2.24, 2.45) is 0 Å². The number of anilines is 1. The summed E-state index contributed by atoms with van der Waals surface area (Å²) in [7, 11) is 0. The smallest absolute Gasteiger partial charge is 0.337 e. The molecule has 0 fully saturated rings. The van der Waals surface area contributed by atoms with Crippen molar-refractivity contribution in [2.75, 3.05) is 5.32 Å². The van der Waals surface area contributed by atoms with Gasteiger partial charge in [-0.15, -0.1) is 0 Å². The number of furan rings is 1. The molecular formula is C18H10Cl3NO4. The number of halogens is 3. The zero-order chi connectivity index (χ0) is 18.8. The maximum atomic E-state index is 12.3. The minimum atomic E-state index is -1.15. The van der Waals surface area contributed by atoms with Crippen molar-refractivity contribution in [1.29, 1.82) is 0 Å². The molecule has 0 aliphatic rings. The molecular weight excluding hydrogens is 401 g/mol. The number of rotatable bonds is 4. The van der Waals surface area contributed by atoms with Crippen LogP contribution in [0.3, 0.4) is 0 Å². The Morgan fingerprint density at radius 1 is 0.923 bits per heavy atom. The molecule has 1 amide bonds. The first-order valence-electron chi connectivity index (χ1n) is 7.24. The fourth-order valence-electron chi connectivity index (χ4n) is 2.25. The fourth-order valence-corrected chi connectivity index (χ4v) is 3.02. The molecule has 0 radical (unpaired) electrons. The SMILES string of the molecule is O=C(Nc1ccc(C(=O)O)c(Cl)c1)c1ccc(-c2ccc(Cl)cc2Cl)o1. The van der Waals surface area contributed by atoms with Crippen molar-refractivity contribution >= 4 is 52.4 Å². The van der Waals surface area contributed by atoms with Crippen LogP contribution in [0.15, 0.2) is 52.9 Å². The molecule has 1 aromatic heterocycles. The molecule has 2 N–H and O–H groups in total. The van der Waals surface area contributed by atoms with E-state index in [1.807, 2.05) is 0 Å². The Morgan fingerprint density at radius 2 is 1.69 bits per heavy atom. The summed E-state index contributed by atoms with van der Waals surface area (Å²) in [4.78, 5) is 23.3. The molecule has 0 aliphatic heterocycles. The van der Waals surface area contributed by atoms with E-state index in [1.165, 1.54) is 24.3 Å². The number of carboxylic acids is 1. The number of carbonyl (C=O) groups is 2. The number of aromatic carboxylic acids is 1. The summed E-state index contributed by atoms with van der Waals surface area (Å²) in [6, 6.07) is 12.1. The third kappa shape index (κ3) is 3.85. The molecule has 3 rings (SSSR count). The van der Waals surface area contributed by atoms with E-state index in [1.54, 1.807) is 24.3 Å². The lowest BCUT2D eigenvalue weighted by molar-refractivity contribution is 0.0697. The Morgan fingerprint density at radius 3 is 2.35 bits per heavy atom. The van der Waals surface area contributed by atoms with Gasteiger partial charge < -0.3 is 14.8 Å². The molecule has 3 aromatic rings. The molecule has 0 saturated heterocycles. The van der Waals surface area contributed by atoms with Crippen LogP contribution in [-0.2, 0) is 0 Å². The summed E-state index contributed by atoms with van der Waals surface area (Å²) >= 11 is 17.9. The van der Waals surface area contributed by atoms with E-state index in [-0.39, 0.29) is 16.3 Å². The highest BCUT2D eigenvalue weighted by atomic mass is 35.5. The van der Waals surface area contributed by atoms with E-state index in [9.17, 15) is 9.59 Å². The maximum absolute atomic E-state index is 12.3. The van der Waals surface area contributed by atoms with Gasteiger partial charge >= 0.3 is 5.97 Å². The van der Waals surface area contributed by atoms with Crippen LogP contribution in [-0.4, -0.2) is 17.0 Å². The van der Waals surface area contributed by atoms with Crippen LogP contribution in [0.25, 0.3) is 11.3 Å². The van der Waals surface area contributed by atoms with Gasteiger partial charge in [-0.05, 0) is 48.5 Å². The quantitative estimate of drug-likeness (QED) is 0.565. The van der Waals surface area contributed by atoms with Crippen LogP contribution in [0.4, 0.5) is 5.69 Å². The zero-order valence-corrected chi connectivity index (χ0v) is 15.2. The van der Waals surface area contributed by atoms with Gasteiger partial charge in [0, 0.05) is 16.3 Å². The van der Waals surface area contributed by atoms with Crippen molar-refractivity contribution in [3.8, 4) is 11.3 Å². The lowest BCUT2D eigenvalue weighted by Crippen LogP contribution is -2.11. The molecule has 2 aromatic carbocycles. The van der Waals surface area contributed by atoms with E-state index in [4.69, 9.17) is 44.3 Å². The highest BCUT2D eigenvalue weighted by molar-refractivity contribution is 6.36. The Kier molecular flexibility index (Phi) is 5.23. The van der Waals surface area contributed by atoms with Gasteiger partial charge in [-0.1, -0.05) is 34.8 Å².